The number of fused-ring (bicyclic) bond motifs is 6. The van der Waals surface area contributed by atoms with Crippen molar-refractivity contribution in [2.75, 3.05) is 0 Å². The fourth-order valence-corrected chi connectivity index (χ4v) is 9.07. The van der Waals surface area contributed by atoms with E-state index < -0.39 is 0 Å². The van der Waals surface area contributed by atoms with E-state index in [1.165, 1.54) is 76.5 Å². The molecule has 4 aromatic heterocycles. The van der Waals surface area contributed by atoms with Crippen molar-refractivity contribution < 1.29 is 0 Å². The zero-order valence-corrected chi connectivity index (χ0v) is 28.1. The third-order valence-electron chi connectivity index (χ3n) is 11.1. The second-order valence-corrected chi connectivity index (χ2v) is 13.8. The molecule has 242 valence electrons. The monoisotopic (exact) mass is 662 g/mol. The van der Waals surface area contributed by atoms with Gasteiger partial charge in [0.2, 0.25) is 0 Å². The van der Waals surface area contributed by atoms with Gasteiger partial charge in [0, 0.05) is 55.1 Å². The lowest BCUT2D eigenvalue weighted by Crippen LogP contribution is -2.01. The Kier molecular flexibility index (Phi) is 5.47. The number of rotatable bonds is 4. The van der Waals surface area contributed by atoms with Crippen molar-refractivity contribution in [1.82, 2.24) is 18.3 Å². The van der Waals surface area contributed by atoms with E-state index in [0.717, 1.165) is 22.7 Å². The number of benzene rings is 8. The van der Waals surface area contributed by atoms with Crippen molar-refractivity contribution in [2.24, 2.45) is 0 Å². The Bertz CT molecular complexity index is 2970. The van der Waals surface area contributed by atoms with Crippen molar-refractivity contribution >= 4 is 76.5 Å². The van der Waals surface area contributed by atoms with Crippen molar-refractivity contribution in [3.05, 3.63) is 182 Å². The molecule has 0 N–H and O–H groups in total. The molecule has 4 nitrogen and oxygen atoms in total. The van der Waals surface area contributed by atoms with Crippen molar-refractivity contribution in [3.63, 3.8) is 0 Å². The summed E-state index contributed by atoms with van der Waals surface area (Å²) in [6.07, 6.45) is 0. The summed E-state index contributed by atoms with van der Waals surface area (Å²) in [4.78, 5) is 0. The second-order valence-electron chi connectivity index (χ2n) is 13.8. The van der Waals surface area contributed by atoms with Gasteiger partial charge in [-0.1, -0.05) is 97.1 Å². The molecule has 0 fully saturated rings. The van der Waals surface area contributed by atoms with E-state index in [9.17, 15) is 0 Å². The molecule has 0 unspecified atom stereocenters. The molecule has 4 heteroatoms. The van der Waals surface area contributed by atoms with E-state index in [1.807, 2.05) is 0 Å². The van der Waals surface area contributed by atoms with Crippen LogP contribution >= 0.6 is 0 Å². The van der Waals surface area contributed by atoms with Crippen LogP contribution in [0.5, 0.6) is 0 Å². The molecule has 0 aliphatic heterocycles. The van der Waals surface area contributed by atoms with Crippen molar-refractivity contribution in [1.29, 1.82) is 0 Å². The van der Waals surface area contributed by atoms with Gasteiger partial charge in [0.15, 0.2) is 0 Å². The first-order valence-corrected chi connectivity index (χ1v) is 17.9. The van der Waals surface area contributed by atoms with Crippen LogP contribution in [0, 0.1) is 0 Å². The third-order valence-corrected chi connectivity index (χ3v) is 11.1. The largest absolute Gasteiger partial charge is 0.309 e. The molecular weight excluding hydrogens is 633 g/mol. The molecule has 0 saturated heterocycles. The van der Waals surface area contributed by atoms with Crippen LogP contribution in [0.25, 0.3) is 99.2 Å². The number of para-hydroxylation sites is 4. The van der Waals surface area contributed by atoms with Gasteiger partial charge in [-0.05, 0) is 84.9 Å². The van der Waals surface area contributed by atoms with Gasteiger partial charge in [-0.25, -0.2) is 0 Å². The van der Waals surface area contributed by atoms with Gasteiger partial charge in [0.25, 0.3) is 0 Å². The number of hydrogen-bond donors (Lipinski definition) is 0. The molecule has 0 spiro atoms. The van der Waals surface area contributed by atoms with Crippen LogP contribution in [0.2, 0.25) is 0 Å². The first-order valence-electron chi connectivity index (χ1n) is 17.9. The summed E-state index contributed by atoms with van der Waals surface area (Å²) in [5.41, 5.74) is 14.3. The summed E-state index contributed by atoms with van der Waals surface area (Å²) >= 11 is 0. The smallest absolute Gasteiger partial charge is 0.0563 e. The molecule has 4 heterocycles. The van der Waals surface area contributed by atoms with Crippen molar-refractivity contribution in [3.8, 4) is 22.7 Å². The van der Waals surface area contributed by atoms with E-state index in [-0.39, 0.29) is 0 Å². The van der Waals surface area contributed by atoms with Gasteiger partial charge in [0.05, 0.1) is 44.1 Å². The summed E-state index contributed by atoms with van der Waals surface area (Å²) in [5.74, 6) is 0. The summed E-state index contributed by atoms with van der Waals surface area (Å²) in [5, 5.41) is 7.66. The number of aromatic nitrogens is 4. The van der Waals surface area contributed by atoms with Gasteiger partial charge in [0.1, 0.15) is 0 Å². The predicted molar refractivity (Wildman–Crippen MR) is 217 cm³/mol. The third kappa shape index (κ3) is 3.60. The average molecular weight is 663 g/mol. The quantitative estimate of drug-likeness (QED) is 0.179. The first-order chi connectivity index (χ1) is 25.8. The Morgan fingerprint density at radius 1 is 0.212 bits per heavy atom. The highest BCUT2D eigenvalue weighted by atomic mass is 15.1. The van der Waals surface area contributed by atoms with Gasteiger partial charge in [-0.15, -0.1) is 0 Å². The van der Waals surface area contributed by atoms with E-state index >= 15 is 0 Å². The van der Waals surface area contributed by atoms with Gasteiger partial charge in [-0.2, -0.15) is 0 Å². The van der Waals surface area contributed by atoms with Crippen LogP contribution in [-0.4, -0.2) is 18.3 Å². The summed E-state index contributed by atoms with van der Waals surface area (Å²) in [7, 11) is 0. The lowest BCUT2D eigenvalue weighted by Gasteiger charge is -2.15. The maximum absolute atomic E-state index is 2.45. The van der Waals surface area contributed by atoms with E-state index in [1.54, 1.807) is 0 Å². The zero-order chi connectivity index (χ0) is 33.9. The molecule has 0 aliphatic rings. The van der Waals surface area contributed by atoms with Crippen molar-refractivity contribution in [2.45, 2.75) is 0 Å². The predicted octanol–water partition coefficient (Wildman–Crippen LogP) is 12.4. The standard InChI is InChI=1S/C48H30N4/c1-5-21-39-35(17-1)36-18-2-6-22-40(36)49(39)31-13-9-15-33(29-31)51-43-25-11-27-45-47(43)48-44(51)26-12-28-46(48)52(45)34-16-10-14-32(30-34)50-41-23-7-3-19-37(41)38-20-4-8-24-42(38)50/h1-30H. The van der Waals surface area contributed by atoms with Gasteiger partial charge < -0.3 is 18.3 Å². The highest BCUT2D eigenvalue weighted by molar-refractivity contribution is 6.25. The minimum atomic E-state index is 1.15. The zero-order valence-electron chi connectivity index (χ0n) is 28.1. The Morgan fingerprint density at radius 2 is 0.442 bits per heavy atom. The van der Waals surface area contributed by atoms with E-state index in [2.05, 4.69) is 200 Å². The minimum absolute atomic E-state index is 1.15. The molecule has 0 amide bonds. The Balaban J connectivity index is 1.07. The molecule has 0 bridgehead atoms. The molecular formula is C48H30N4. The maximum atomic E-state index is 2.45. The van der Waals surface area contributed by atoms with E-state index in [0.29, 0.717) is 0 Å². The highest BCUT2D eigenvalue weighted by Crippen LogP contribution is 2.43. The van der Waals surface area contributed by atoms with E-state index in [4.69, 9.17) is 0 Å². The lowest BCUT2D eigenvalue weighted by atomic mass is 10.2. The first kappa shape index (κ1) is 27.7. The van der Waals surface area contributed by atoms with Gasteiger partial charge in [-0.3, -0.25) is 0 Å². The average Bonchev–Trinajstić information content (AvgIpc) is 3.94. The topological polar surface area (TPSA) is 19.7 Å². The summed E-state index contributed by atoms with van der Waals surface area (Å²) in [6, 6.07) is 66.4. The highest BCUT2D eigenvalue weighted by Gasteiger charge is 2.23. The summed E-state index contributed by atoms with van der Waals surface area (Å²) < 4.78 is 9.69. The fourth-order valence-electron chi connectivity index (χ4n) is 9.07. The second kappa shape index (κ2) is 10.3. The molecule has 12 rings (SSSR count). The van der Waals surface area contributed by atoms with Crippen LogP contribution in [0.15, 0.2) is 182 Å². The molecule has 12 aromatic rings. The fraction of sp³-hybridized carbons (Fsp3) is 0. The van der Waals surface area contributed by atoms with Crippen LogP contribution in [-0.2, 0) is 0 Å². The number of hydrogen-bond acceptors (Lipinski definition) is 0. The minimum Gasteiger partial charge on any atom is -0.309 e. The van der Waals surface area contributed by atoms with Crippen LogP contribution in [0.3, 0.4) is 0 Å². The Hall–Kier alpha value is -7.04. The maximum Gasteiger partial charge on any atom is 0.0563 e. The molecule has 8 aromatic carbocycles. The molecule has 0 saturated carbocycles. The van der Waals surface area contributed by atoms with Gasteiger partial charge >= 0.3 is 0 Å². The van der Waals surface area contributed by atoms with Crippen LogP contribution in [0.4, 0.5) is 0 Å². The normalized spacial score (nSPS) is 12.2. The molecule has 0 radical (unpaired) electrons. The Morgan fingerprint density at radius 3 is 0.750 bits per heavy atom. The van der Waals surface area contributed by atoms with Crippen LogP contribution < -0.4 is 0 Å². The SMILES string of the molecule is c1cc(-n2c3ccccc3c3ccccc32)cc(-n2c3cccc4c3c3c2cccc3n4-c2cccc(-n3c4ccccc4c4ccccc43)c2)c1. The molecule has 0 aliphatic carbocycles. The lowest BCUT2D eigenvalue weighted by molar-refractivity contribution is 1.12. The molecule has 52 heavy (non-hydrogen) atoms. The number of nitrogens with zero attached hydrogens (tertiary/aromatic N) is 4. The molecule has 0 atom stereocenters. The Labute approximate surface area is 298 Å². The van der Waals surface area contributed by atoms with Crippen LogP contribution in [0.1, 0.15) is 0 Å². The summed E-state index contributed by atoms with van der Waals surface area (Å²) in [6.45, 7) is 0.